The van der Waals surface area contributed by atoms with Gasteiger partial charge in [0.2, 0.25) is 10.0 Å². The number of aromatic nitrogens is 2. The largest absolute Gasteiger partial charge is 0.240 e. The van der Waals surface area contributed by atoms with Gasteiger partial charge < -0.3 is 0 Å². The van der Waals surface area contributed by atoms with Gasteiger partial charge in [-0.3, -0.25) is 0 Å². The molecule has 1 N–H and O–H groups in total. The molecular weight excluding hydrogens is 373 g/mol. The van der Waals surface area contributed by atoms with E-state index in [0.29, 0.717) is 10.9 Å². The number of sulfonamides is 1. The Kier molecular flexibility index (Phi) is 5.65. The maximum Gasteiger partial charge on any atom is 0.240 e. The van der Waals surface area contributed by atoms with Gasteiger partial charge in [-0.1, -0.05) is 36.0 Å². The molecule has 1 heterocycles. The van der Waals surface area contributed by atoms with Crippen LogP contribution in [0.3, 0.4) is 0 Å². The molecule has 0 aliphatic carbocycles. The lowest BCUT2D eigenvalue weighted by Crippen LogP contribution is -2.23. The number of nitrogens with zero attached hydrogens (tertiary/aromatic N) is 2. The molecule has 3 aromatic rings. The number of nitrogens with one attached hydrogen (secondary N) is 1. The Hall–Kier alpha value is -2.29. The fraction of sp³-hybridized carbons (Fsp3) is 0.111. The molecule has 3 rings (SSSR count). The summed E-state index contributed by atoms with van der Waals surface area (Å²) in [5.41, 5.74) is 2.22. The monoisotopic (exact) mass is 389 g/mol. The summed E-state index contributed by atoms with van der Waals surface area (Å²) in [6.45, 7) is 0.0815. The zero-order chi connectivity index (χ0) is 18.6. The zero-order valence-electron chi connectivity index (χ0n) is 13.9. The first-order valence-corrected chi connectivity index (χ1v) is 10.4. The van der Waals surface area contributed by atoms with E-state index in [1.807, 2.05) is 6.26 Å². The maximum absolute atomic E-state index is 13.0. The predicted molar refractivity (Wildman–Crippen MR) is 99.7 cm³/mol. The van der Waals surface area contributed by atoms with Gasteiger partial charge in [0.05, 0.1) is 17.1 Å². The number of benzene rings is 2. The van der Waals surface area contributed by atoms with E-state index in [1.54, 1.807) is 36.5 Å². The van der Waals surface area contributed by atoms with E-state index in [0.717, 1.165) is 11.1 Å². The fourth-order valence-electron chi connectivity index (χ4n) is 2.29. The smallest absolute Gasteiger partial charge is 0.231 e. The molecule has 0 bridgehead atoms. The second-order valence-electron chi connectivity index (χ2n) is 5.39. The minimum atomic E-state index is -3.66. The molecule has 0 radical (unpaired) electrons. The lowest BCUT2D eigenvalue weighted by atomic mass is 10.1. The van der Waals surface area contributed by atoms with E-state index in [1.165, 1.54) is 36.0 Å². The van der Waals surface area contributed by atoms with E-state index in [4.69, 9.17) is 0 Å². The highest BCUT2D eigenvalue weighted by molar-refractivity contribution is 7.98. The van der Waals surface area contributed by atoms with Gasteiger partial charge in [0.15, 0.2) is 5.16 Å². The summed E-state index contributed by atoms with van der Waals surface area (Å²) in [7, 11) is -3.66. The summed E-state index contributed by atoms with van der Waals surface area (Å²) in [5, 5.41) is 0.588. The molecule has 1 aromatic heterocycles. The van der Waals surface area contributed by atoms with Crippen LogP contribution in [0.25, 0.3) is 11.1 Å². The molecule has 5 nitrogen and oxygen atoms in total. The molecule has 134 valence electrons. The van der Waals surface area contributed by atoms with Gasteiger partial charge >= 0.3 is 0 Å². The van der Waals surface area contributed by atoms with Crippen LogP contribution < -0.4 is 4.72 Å². The van der Waals surface area contributed by atoms with Crippen LogP contribution in [0.5, 0.6) is 0 Å². The highest BCUT2D eigenvalue weighted by Gasteiger charge is 2.14. The number of hydrogen-bond donors (Lipinski definition) is 1. The SMILES string of the molecule is CSc1nccc(CNS(=O)(=O)c2ccc(-c3ccc(F)cc3)cc2)n1. The van der Waals surface area contributed by atoms with E-state index >= 15 is 0 Å². The Morgan fingerprint density at radius 2 is 1.62 bits per heavy atom. The summed E-state index contributed by atoms with van der Waals surface area (Å²) < 4.78 is 40.4. The molecule has 2 aromatic carbocycles. The molecule has 0 aliphatic rings. The molecule has 26 heavy (non-hydrogen) atoms. The highest BCUT2D eigenvalue weighted by Crippen LogP contribution is 2.21. The summed E-state index contributed by atoms with van der Waals surface area (Å²) in [6, 6.07) is 14.1. The summed E-state index contributed by atoms with van der Waals surface area (Å²) in [5.74, 6) is -0.313. The molecule has 0 aliphatic heterocycles. The Labute approximate surface area is 155 Å². The summed E-state index contributed by atoms with van der Waals surface area (Å²) >= 11 is 1.39. The molecular formula is C18H16FN3O2S2. The predicted octanol–water partition coefficient (Wildman–Crippen LogP) is 3.48. The van der Waals surface area contributed by atoms with Crippen LogP contribution >= 0.6 is 11.8 Å². The first kappa shape index (κ1) is 18.5. The second kappa shape index (κ2) is 7.94. The van der Waals surface area contributed by atoms with Gasteiger partial charge in [-0.2, -0.15) is 0 Å². The molecule has 8 heteroatoms. The molecule has 0 fully saturated rings. The van der Waals surface area contributed by atoms with E-state index in [-0.39, 0.29) is 17.3 Å². The van der Waals surface area contributed by atoms with Crippen molar-refractivity contribution in [2.45, 2.75) is 16.6 Å². The van der Waals surface area contributed by atoms with Crippen molar-refractivity contribution in [1.82, 2.24) is 14.7 Å². The molecule has 0 spiro atoms. The third kappa shape index (κ3) is 4.46. The van der Waals surface area contributed by atoms with Gasteiger partial charge in [0.1, 0.15) is 5.82 Å². The number of rotatable bonds is 6. The number of thioether (sulfide) groups is 1. The van der Waals surface area contributed by atoms with Crippen LogP contribution in [0.4, 0.5) is 4.39 Å². The Morgan fingerprint density at radius 3 is 2.23 bits per heavy atom. The van der Waals surface area contributed by atoms with Gasteiger partial charge in [-0.15, -0.1) is 0 Å². The van der Waals surface area contributed by atoms with Crippen LogP contribution in [0, 0.1) is 5.82 Å². The summed E-state index contributed by atoms with van der Waals surface area (Å²) in [4.78, 5) is 8.45. The topological polar surface area (TPSA) is 72.0 Å². The van der Waals surface area contributed by atoms with Crippen molar-refractivity contribution in [3.05, 3.63) is 72.3 Å². The molecule has 0 atom stereocenters. The van der Waals surface area contributed by atoms with Crippen molar-refractivity contribution < 1.29 is 12.8 Å². The van der Waals surface area contributed by atoms with Crippen molar-refractivity contribution in [2.24, 2.45) is 0 Å². The lowest BCUT2D eigenvalue weighted by Gasteiger charge is -2.08. The van der Waals surface area contributed by atoms with E-state index in [2.05, 4.69) is 14.7 Å². The minimum absolute atomic E-state index is 0.0815. The van der Waals surface area contributed by atoms with Crippen LogP contribution in [0.15, 0.2) is 70.8 Å². The quantitative estimate of drug-likeness (QED) is 0.516. The average molecular weight is 389 g/mol. The average Bonchev–Trinajstić information content (AvgIpc) is 2.67. The number of halogens is 1. The Bertz CT molecular complexity index is 992. The third-order valence-electron chi connectivity index (χ3n) is 3.66. The number of hydrogen-bond acceptors (Lipinski definition) is 5. The normalized spacial score (nSPS) is 11.5. The van der Waals surface area contributed by atoms with Crippen LogP contribution in [-0.2, 0) is 16.6 Å². The van der Waals surface area contributed by atoms with Gasteiger partial charge in [0.25, 0.3) is 0 Å². The fourth-order valence-corrected chi connectivity index (χ4v) is 3.67. The zero-order valence-corrected chi connectivity index (χ0v) is 15.5. The van der Waals surface area contributed by atoms with Crippen molar-refractivity contribution >= 4 is 21.8 Å². The van der Waals surface area contributed by atoms with E-state index < -0.39 is 10.0 Å². The van der Waals surface area contributed by atoms with E-state index in [9.17, 15) is 12.8 Å². The highest BCUT2D eigenvalue weighted by atomic mass is 32.2. The van der Waals surface area contributed by atoms with Crippen LogP contribution in [0.2, 0.25) is 0 Å². The molecule has 0 unspecified atom stereocenters. The maximum atomic E-state index is 13.0. The second-order valence-corrected chi connectivity index (χ2v) is 7.93. The molecule has 0 saturated carbocycles. The minimum Gasteiger partial charge on any atom is -0.231 e. The Balaban J connectivity index is 1.73. The Morgan fingerprint density at radius 1 is 1.00 bits per heavy atom. The van der Waals surface area contributed by atoms with Crippen LogP contribution in [-0.4, -0.2) is 24.6 Å². The molecule has 0 amide bonds. The van der Waals surface area contributed by atoms with Gasteiger partial charge in [-0.05, 0) is 47.7 Å². The van der Waals surface area contributed by atoms with Gasteiger partial charge in [0, 0.05) is 6.20 Å². The lowest BCUT2D eigenvalue weighted by molar-refractivity contribution is 0.580. The standard InChI is InChI=1S/C18H16FN3O2S2/c1-25-18-20-11-10-16(22-18)12-21-26(23,24)17-8-4-14(5-9-17)13-2-6-15(19)7-3-13/h2-11,21H,12H2,1H3. The van der Waals surface area contributed by atoms with Gasteiger partial charge in [-0.25, -0.2) is 27.5 Å². The van der Waals surface area contributed by atoms with Crippen molar-refractivity contribution in [1.29, 1.82) is 0 Å². The molecule has 0 saturated heterocycles. The van der Waals surface area contributed by atoms with Crippen molar-refractivity contribution in [3.8, 4) is 11.1 Å². The first-order valence-electron chi connectivity index (χ1n) is 7.69. The van der Waals surface area contributed by atoms with Crippen LogP contribution in [0.1, 0.15) is 5.69 Å². The first-order chi connectivity index (χ1) is 12.5. The summed E-state index contributed by atoms with van der Waals surface area (Å²) in [6.07, 6.45) is 3.45. The van der Waals surface area contributed by atoms with Crippen molar-refractivity contribution in [3.63, 3.8) is 0 Å². The third-order valence-corrected chi connectivity index (χ3v) is 5.64. The van der Waals surface area contributed by atoms with Crippen molar-refractivity contribution in [2.75, 3.05) is 6.26 Å².